The fourth-order valence-electron chi connectivity index (χ4n) is 3.47. The molecule has 0 saturated heterocycles. The van der Waals surface area contributed by atoms with Gasteiger partial charge in [0.25, 0.3) is 5.56 Å². The summed E-state index contributed by atoms with van der Waals surface area (Å²) in [5.41, 5.74) is -0.169. The monoisotopic (exact) mass is 384 g/mol. The first-order valence-corrected chi connectivity index (χ1v) is 8.53. The zero-order chi connectivity index (χ0) is 19.9. The topological polar surface area (TPSA) is 70.1 Å². The first-order chi connectivity index (χ1) is 13.4. The first kappa shape index (κ1) is 18.0. The van der Waals surface area contributed by atoms with Crippen molar-refractivity contribution < 1.29 is 13.2 Å². The molecular formula is C20H15F3N4O. The number of hydrogen-bond acceptors (Lipinski definition) is 4. The second-order valence-electron chi connectivity index (χ2n) is 6.53. The van der Waals surface area contributed by atoms with E-state index in [-0.39, 0.29) is 0 Å². The lowest BCUT2D eigenvalue weighted by atomic mass is 9.79. The van der Waals surface area contributed by atoms with Crippen LogP contribution in [-0.2, 0) is 5.54 Å². The van der Waals surface area contributed by atoms with Gasteiger partial charge in [-0.15, -0.1) is 0 Å². The molecule has 0 spiro atoms. The summed E-state index contributed by atoms with van der Waals surface area (Å²) in [5.74, 6) is -1.62. The van der Waals surface area contributed by atoms with Crippen molar-refractivity contribution in [3.8, 4) is 0 Å². The summed E-state index contributed by atoms with van der Waals surface area (Å²) in [6, 6.07) is 9.31. The Bertz CT molecular complexity index is 1060. The molecular weight excluding hydrogens is 369 g/mol. The Balaban J connectivity index is 1.85. The molecule has 0 bridgehead atoms. The number of H-pyrrole nitrogens is 1. The number of rotatable bonds is 3. The van der Waals surface area contributed by atoms with Crippen LogP contribution in [0.2, 0.25) is 0 Å². The van der Waals surface area contributed by atoms with Gasteiger partial charge in [-0.2, -0.15) is 4.39 Å². The second kappa shape index (κ2) is 6.63. The maximum Gasteiger partial charge on any atom is 0.283 e. The standard InChI is InChI=1S/C20H15F3N4O/c1-11-20(13-2-5-15(21)6-3-13,14-4-7-17(23)24-10-14)27-18(26-11)12-8-16(22)19(28)25-9-12/h2-11H,1H3,(H,25,28)(H,26,27)/t11-,20-/m0/s1. The first-order valence-electron chi connectivity index (χ1n) is 8.53. The third kappa shape index (κ3) is 2.87. The quantitative estimate of drug-likeness (QED) is 0.683. The Kier molecular flexibility index (Phi) is 4.26. The van der Waals surface area contributed by atoms with Crippen LogP contribution >= 0.6 is 0 Å². The van der Waals surface area contributed by atoms with E-state index in [1.807, 2.05) is 6.92 Å². The smallest absolute Gasteiger partial charge is 0.283 e. The van der Waals surface area contributed by atoms with Crippen LogP contribution in [0.5, 0.6) is 0 Å². The number of pyridine rings is 2. The van der Waals surface area contributed by atoms with E-state index in [9.17, 15) is 18.0 Å². The molecule has 2 N–H and O–H groups in total. The highest BCUT2D eigenvalue weighted by Gasteiger charge is 2.45. The molecule has 0 aliphatic carbocycles. The predicted molar refractivity (Wildman–Crippen MR) is 97.5 cm³/mol. The van der Waals surface area contributed by atoms with E-state index >= 15 is 0 Å². The van der Waals surface area contributed by atoms with Crippen LogP contribution in [0.1, 0.15) is 23.6 Å². The van der Waals surface area contributed by atoms with Gasteiger partial charge in [-0.05, 0) is 36.8 Å². The van der Waals surface area contributed by atoms with Crippen molar-refractivity contribution in [2.45, 2.75) is 18.5 Å². The number of aromatic amines is 1. The molecule has 2 aromatic heterocycles. The normalized spacial score (nSPS) is 21.3. The van der Waals surface area contributed by atoms with Crippen molar-refractivity contribution >= 4 is 5.84 Å². The summed E-state index contributed by atoms with van der Waals surface area (Å²) in [5, 5.41) is 3.27. The molecule has 8 heteroatoms. The summed E-state index contributed by atoms with van der Waals surface area (Å²) >= 11 is 0. The fraction of sp³-hybridized carbons (Fsp3) is 0.150. The lowest BCUT2D eigenvalue weighted by Crippen LogP contribution is -2.48. The Labute approximate surface area is 158 Å². The maximum atomic E-state index is 13.7. The number of amidine groups is 1. The van der Waals surface area contributed by atoms with Gasteiger partial charge in [0, 0.05) is 23.5 Å². The number of hydrogen-bond donors (Lipinski definition) is 2. The molecule has 1 aromatic carbocycles. The van der Waals surface area contributed by atoms with Gasteiger partial charge in [0.1, 0.15) is 17.2 Å². The van der Waals surface area contributed by atoms with E-state index in [1.54, 1.807) is 18.2 Å². The molecule has 0 amide bonds. The van der Waals surface area contributed by atoms with E-state index < -0.39 is 34.7 Å². The van der Waals surface area contributed by atoms with Crippen molar-refractivity contribution in [1.82, 2.24) is 15.3 Å². The summed E-state index contributed by atoms with van der Waals surface area (Å²) in [4.78, 5) is 21.9. The lowest BCUT2D eigenvalue weighted by molar-refractivity contribution is 0.430. The summed E-state index contributed by atoms with van der Waals surface area (Å²) in [6.45, 7) is 1.83. The Morgan fingerprint density at radius 2 is 1.75 bits per heavy atom. The highest BCUT2D eigenvalue weighted by atomic mass is 19.1. The van der Waals surface area contributed by atoms with Crippen LogP contribution in [0.15, 0.2) is 64.6 Å². The number of nitrogens with one attached hydrogen (secondary N) is 2. The van der Waals surface area contributed by atoms with E-state index in [0.717, 1.165) is 6.07 Å². The van der Waals surface area contributed by atoms with Gasteiger partial charge in [0.15, 0.2) is 5.82 Å². The number of nitrogens with zero attached hydrogens (tertiary/aromatic N) is 2. The zero-order valence-corrected chi connectivity index (χ0v) is 14.7. The molecule has 1 aliphatic heterocycles. The van der Waals surface area contributed by atoms with Crippen molar-refractivity contribution in [1.29, 1.82) is 0 Å². The number of aromatic nitrogens is 2. The van der Waals surface area contributed by atoms with Crippen LogP contribution < -0.4 is 10.9 Å². The van der Waals surface area contributed by atoms with Gasteiger partial charge in [0.2, 0.25) is 5.95 Å². The summed E-state index contributed by atoms with van der Waals surface area (Å²) in [6.07, 6.45) is 2.74. The van der Waals surface area contributed by atoms with E-state index in [2.05, 4.69) is 20.3 Å². The van der Waals surface area contributed by atoms with Gasteiger partial charge in [-0.25, -0.2) is 13.8 Å². The number of halogens is 3. The largest absolute Gasteiger partial charge is 0.354 e. The van der Waals surface area contributed by atoms with Crippen molar-refractivity contribution in [3.05, 3.63) is 99.5 Å². The third-order valence-corrected chi connectivity index (χ3v) is 4.88. The summed E-state index contributed by atoms with van der Waals surface area (Å²) < 4.78 is 40.6. The fourth-order valence-corrected chi connectivity index (χ4v) is 3.47. The molecule has 4 rings (SSSR count). The van der Waals surface area contributed by atoms with E-state index in [4.69, 9.17) is 0 Å². The van der Waals surface area contributed by atoms with Gasteiger partial charge in [-0.1, -0.05) is 18.2 Å². The minimum absolute atomic E-state index is 0.344. The third-order valence-electron chi connectivity index (χ3n) is 4.88. The number of benzene rings is 1. The van der Waals surface area contributed by atoms with Gasteiger partial charge in [-0.3, -0.25) is 9.79 Å². The van der Waals surface area contributed by atoms with Crippen LogP contribution in [0, 0.1) is 17.6 Å². The molecule has 3 heterocycles. The van der Waals surface area contributed by atoms with E-state index in [0.29, 0.717) is 22.5 Å². The highest BCUT2D eigenvalue weighted by Crippen LogP contribution is 2.38. The summed E-state index contributed by atoms with van der Waals surface area (Å²) in [7, 11) is 0. The van der Waals surface area contributed by atoms with Crippen LogP contribution in [-0.4, -0.2) is 21.8 Å². The predicted octanol–water partition coefficient (Wildman–Crippen LogP) is 2.87. The van der Waals surface area contributed by atoms with Crippen LogP contribution in [0.25, 0.3) is 0 Å². The minimum atomic E-state index is -0.976. The lowest BCUT2D eigenvalue weighted by Gasteiger charge is -2.34. The Morgan fingerprint density at radius 1 is 1.04 bits per heavy atom. The average molecular weight is 384 g/mol. The zero-order valence-electron chi connectivity index (χ0n) is 14.7. The van der Waals surface area contributed by atoms with Gasteiger partial charge < -0.3 is 10.3 Å². The van der Waals surface area contributed by atoms with Crippen molar-refractivity contribution in [2.75, 3.05) is 0 Å². The number of aliphatic imine (C=N–C) groups is 1. The molecule has 0 saturated carbocycles. The van der Waals surface area contributed by atoms with Crippen molar-refractivity contribution in [2.24, 2.45) is 4.99 Å². The minimum Gasteiger partial charge on any atom is -0.354 e. The van der Waals surface area contributed by atoms with Crippen LogP contribution in [0.4, 0.5) is 13.2 Å². The Morgan fingerprint density at radius 3 is 2.39 bits per heavy atom. The molecule has 0 radical (unpaired) electrons. The second-order valence-corrected chi connectivity index (χ2v) is 6.53. The molecule has 0 unspecified atom stereocenters. The molecule has 28 heavy (non-hydrogen) atoms. The molecule has 3 aromatic rings. The average Bonchev–Trinajstić information content (AvgIpc) is 3.03. The van der Waals surface area contributed by atoms with Gasteiger partial charge in [0.05, 0.1) is 6.04 Å². The molecule has 1 aliphatic rings. The van der Waals surface area contributed by atoms with E-state index in [1.165, 1.54) is 30.6 Å². The van der Waals surface area contributed by atoms with Gasteiger partial charge >= 0.3 is 0 Å². The molecule has 5 nitrogen and oxygen atoms in total. The maximum absolute atomic E-state index is 13.7. The SMILES string of the molecule is C[C@@H]1N=C(c2c[nH]c(=O)c(F)c2)N[C@@]1(c1ccc(F)cc1)c1ccc(F)nc1. The van der Waals surface area contributed by atoms with Crippen LogP contribution in [0.3, 0.4) is 0 Å². The molecule has 142 valence electrons. The molecule has 2 atom stereocenters. The Hall–Kier alpha value is -3.42. The van der Waals surface area contributed by atoms with Crippen molar-refractivity contribution in [3.63, 3.8) is 0 Å². The molecule has 0 fully saturated rings. The highest BCUT2D eigenvalue weighted by molar-refractivity contribution is 6.01.